The normalized spacial score (nSPS) is 19.3. The fourth-order valence-corrected chi connectivity index (χ4v) is 6.99. The lowest BCUT2D eigenvalue weighted by Gasteiger charge is -2.32. The number of hydrogen-bond acceptors (Lipinski definition) is 13. The number of phenolic OH excluding ortho intramolecular Hbond substituents is 1. The average molecular weight is 932 g/mol. The Bertz CT molecular complexity index is 1810. The number of aliphatic hydroxyl groups excluding tert-OH is 3. The van der Waals surface area contributed by atoms with Crippen molar-refractivity contribution in [2.24, 2.45) is 17.8 Å². The van der Waals surface area contributed by atoms with Crippen molar-refractivity contribution in [3.8, 4) is 5.75 Å². The van der Waals surface area contributed by atoms with Gasteiger partial charge in [-0.2, -0.15) is 0 Å². The van der Waals surface area contributed by atoms with Gasteiger partial charge >= 0.3 is 5.97 Å². The number of rotatable bonds is 24. The molecule has 8 atom stereocenters. The highest BCUT2D eigenvalue weighted by Crippen LogP contribution is 2.18. The summed E-state index contributed by atoms with van der Waals surface area (Å²) in [6, 6.07) is -2.45. The second-order valence-electron chi connectivity index (χ2n) is 17.7. The minimum atomic E-state index is -1.68. The first kappa shape index (κ1) is 56.5. The monoisotopic (exact) mass is 932 g/mol. The summed E-state index contributed by atoms with van der Waals surface area (Å²) in [5.74, 6) is -7.11. The van der Waals surface area contributed by atoms with Crippen molar-refractivity contribution in [1.82, 2.24) is 36.8 Å². The number of nitrogens with one attached hydrogen (secondary N) is 6. The Balaban J connectivity index is 2.16. The molecular weight excluding hydrogens is 859 g/mol. The molecule has 66 heavy (non-hydrogen) atoms. The van der Waals surface area contributed by atoms with Gasteiger partial charge < -0.3 is 62.0 Å². The third-order valence-corrected chi connectivity index (χ3v) is 11.1. The van der Waals surface area contributed by atoms with E-state index in [9.17, 15) is 58.8 Å². The van der Waals surface area contributed by atoms with Crippen LogP contribution < -0.4 is 31.9 Å². The minimum absolute atomic E-state index is 0.00130. The first-order valence-electron chi connectivity index (χ1n) is 22.7. The van der Waals surface area contributed by atoms with Crippen molar-refractivity contribution in [2.75, 3.05) is 26.9 Å². The van der Waals surface area contributed by atoms with Gasteiger partial charge in [-0.1, -0.05) is 92.4 Å². The molecule has 0 fully saturated rings. The number of phenols is 1. The molecule has 0 aromatic heterocycles. The second kappa shape index (κ2) is 28.4. The van der Waals surface area contributed by atoms with E-state index in [1.807, 2.05) is 0 Å². The number of carbonyl (C=O) groups is 8. The third-order valence-electron chi connectivity index (χ3n) is 11.1. The molecule has 8 unspecified atom stereocenters. The molecule has 0 saturated carbocycles. The molecular formula is C46H73N7O13. The largest absolute Gasteiger partial charge is 0.508 e. The van der Waals surface area contributed by atoms with E-state index in [4.69, 9.17) is 4.74 Å². The van der Waals surface area contributed by atoms with Gasteiger partial charge in [0.15, 0.2) is 0 Å². The van der Waals surface area contributed by atoms with E-state index in [1.165, 1.54) is 30.2 Å². The molecule has 1 aromatic carbocycles. The number of likely N-dealkylation sites (N-methyl/N-ethyl adjacent to an activating group) is 1. The predicted molar refractivity (Wildman–Crippen MR) is 243 cm³/mol. The summed E-state index contributed by atoms with van der Waals surface area (Å²) in [4.78, 5) is 107. The van der Waals surface area contributed by atoms with Gasteiger partial charge in [0.05, 0.1) is 37.8 Å². The maximum Gasteiger partial charge on any atom is 0.329 e. The van der Waals surface area contributed by atoms with E-state index in [2.05, 4.69) is 38.8 Å². The summed E-state index contributed by atoms with van der Waals surface area (Å²) in [6.45, 7) is 10.0. The number of benzene rings is 1. The number of nitrogens with zero attached hydrogens (tertiary/aromatic N) is 1. The molecule has 0 bridgehead atoms. The van der Waals surface area contributed by atoms with Gasteiger partial charge in [0.25, 0.3) is 0 Å². The SMILES string of the molecule is CCCCCCCC(=O)NC(CO)C(=O)NC(C(=O)NC(CO)C(O)CC(=O)NC(C(=O)NC1C=CC(=O)NC(C(C)C)C(=O)N(C)C(Cc2ccc(O)cc2)C(=O)OC1)C(C)C)C(C)C. The molecule has 0 aliphatic carbocycles. The molecule has 1 heterocycles. The van der Waals surface area contributed by atoms with Crippen LogP contribution in [0, 0.1) is 17.8 Å². The number of hydrogen-bond donors (Lipinski definition) is 10. The lowest BCUT2D eigenvalue weighted by Crippen LogP contribution is -2.59. The summed E-state index contributed by atoms with van der Waals surface area (Å²) < 4.78 is 5.63. The van der Waals surface area contributed by atoms with E-state index < -0.39 is 134 Å². The van der Waals surface area contributed by atoms with Crippen LogP contribution in [0.2, 0.25) is 0 Å². The van der Waals surface area contributed by atoms with Gasteiger partial charge in [0, 0.05) is 26.0 Å². The van der Waals surface area contributed by atoms with Crippen molar-refractivity contribution < 1.29 is 63.5 Å². The van der Waals surface area contributed by atoms with Crippen LogP contribution in [0.5, 0.6) is 5.75 Å². The van der Waals surface area contributed by atoms with E-state index >= 15 is 0 Å². The standard InChI is InChI=1S/C46H73N7O13/c1-9-10-11-12-13-14-36(58)48-33(24-55)42(61)52-40(27(4)5)44(63)49-32(23-54)35(57)22-38(60)51-39(26(2)3)43(62)47-30-17-20-37(59)50-41(28(6)7)45(64)53(8)34(46(65)66-25-30)21-29-15-18-31(56)19-16-29/h15-20,26-28,30,32-35,39-41,54-57H,9-14,21-25H2,1-8H3,(H,47,62)(H,48,58)(H,49,63)(H,50,59)(H,51,60)(H,52,61). The molecule has 1 aliphatic heterocycles. The van der Waals surface area contributed by atoms with Crippen molar-refractivity contribution in [1.29, 1.82) is 0 Å². The Hall–Kier alpha value is -5.60. The van der Waals surface area contributed by atoms with Crippen LogP contribution in [-0.4, -0.2) is 148 Å². The lowest BCUT2D eigenvalue weighted by molar-refractivity contribution is -0.156. The fraction of sp³-hybridized carbons (Fsp3) is 0.652. The van der Waals surface area contributed by atoms with Crippen LogP contribution in [0.4, 0.5) is 0 Å². The fourth-order valence-electron chi connectivity index (χ4n) is 6.99. The third kappa shape index (κ3) is 18.7. The highest BCUT2D eigenvalue weighted by molar-refractivity contribution is 5.95. The highest BCUT2D eigenvalue weighted by atomic mass is 16.5. The number of amides is 7. The van der Waals surface area contributed by atoms with Crippen LogP contribution in [0.25, 0.3) is 0 Å². The Morgan fingerprint density at radius 1 is 0.803 bits per heavy atom. The van der Waals surface area contributed by atoms with Crippen molar-refractivity contribution in [3.05, 3.63) is 42.0 Å². The Labute approximate surface area is 387 Å². The zero-order valence-corrected chi connectivity index (χ0v) is 39.5. The molecule has 1 aliphatic rings. The second-order valence-corrected chi connectivity index (χ2v) is 17.7. The van der Waals surface area contributed by atoms with Gasteiger partial charge in [-0.05, 0) is 41.9 Å². The molecule has 0 saturated heterocycles. The Morgan fingerprint density at radius 3 is 2.00 bits per heavy atom. The number of cyclic esters (lactones) is 1. The zero-order valence-electron chi connectivity index (χ0n) is 39.5. The smallest absolute Gasteiger partial charge is 0.329 e. The van der Waals surface area contributed by atoms with E-state index in [1.54, 1.807) is 53.7 Å². The number of aromatic hydroxyl groups is 1. The van der Waals surface area contributed by atoms with Gasteiger partial charge in [0.2, 0.25) is 41.4 Å². The van der Waals surface area contributed by atoms with Crippen LogP contribution in [0.1, 0.15) is 99.0 Å². The quantitative estimate of drug-likeness (QED) is 0.0477. The van der Waals surface area contributed by atoms with Crippen LogP contribution >= 0.6 is 0 Å². The van der Waals surface area contributed by atoms with Crippen molar-refractivity contribution in [3.63, 3.8) is 0 Å². The zero-order chi connectivity index (χ0) is 49.7. The molecule has 10 N–H and O–H groups in total. The van der Waals surface area contributed by atoms with Gasteiger partial charge in [0.1, 0.15) is 42.6 Å². The van der Waals surface area contributed by atoms with Crippen LogP contribution in [0.3, 0.4) is 0 Å². The number of ether oxygens (including phenoxy) is 1. The maximum absolute atomic E-state index is 13.7. The van der Waals surface area contributed by atoms with Crippen LogP contribution in [-0.2, 0) is 49.5 Å². The van der Waals surface area contributed by atoms with Crippen molar-refractivity contribution >= 4 is 47.3 Å². The lowest BCUT2D eigenvalue weighted by atomic mass is 9.99. The van der Waals surface area contributed by atoms with Crippen molar-refractivity contribution in [2.45, 2.75) is 148 Å². The van der Waals surface area contributed by atoms with Gasteiger partial charge in [-0.25, -0.2) is 4.79 Å². The molecule has 1 aromatic rings. The topological polar surface area (TPSA) is 302 Å². The van der Waals surface area contributed by atoms with Crippen LogP contribution in [0.15, 0.2) is 36.4 Å². The minimum Gasteiger partial charge on any atom is -0.508 e. The number of carbonyl (C=O) groups excluding carboxylic acids is 8. The summed E-state index contributed by atoms with van der Waals surface area (Å²) in [6.07, 6.45) is 4.69. The molecule has 0 radical (unpaired) electrons. The first-order valence-corrected chi connectivity index (χ1v) is 22.7. The maximum atomic E-state index is 13.7. The Kier molecular flexibility index (Phi) is 24.4. The average Bonchev–Trinajstić information content (AvgIpc) is 3.26. The van der Waals surface area contributed by atoms with E-state index in [0.717, 1.165) is 31.8 Å². The van der Waals surface area contributed by atoms with Gasteiger partial charge in [-0.15, -0.1) is 0 Å². The Morgan fingerprint density at radius 2 is 1.42 bits per heavy atom. The number of unbranched alkanes of at least 4 members (excludes halogenated alkanes) is 4. The van der Waals surface area contributed by atoms with E-state index in [0.29, 0.717) is 12.0 Å². The molecule has 7 amide bonds. The number of esters is 1. The van der Waals surface area contributed by atoms with Gasteiger partial charge in [-0.3, -0.25) is 33.6 Å². The summed E-state index contributed by atoms with van der Waals surface area (Å²) in [5.41, 5.74) is 0.604. The summed E-state index contributed by atoms with van der Waals surface area (Å²) >= 11 is 0. The molecule has 20 heteroatoms. The number of aliphatic hydroxyl groups is 3. The molecule has 370 valence electrons. The predicted octanol–water partition coefficient (Wildman–Crippen LogP) is -0.152. The first-order chi connectivity index (χ1) is 31.1. The molecule has 20 nitrogen and oxygen atoms in total. The molecule has 2 rings (SSSR count). The summed E-state index contributed by atoms with van der Waals surface area (Å²) in [5, 5.41) is 56.1. The highest BCUT2D eigenvalue weighted by Gasteiger charge is 2.37. The van der Waals surface area contributed by atoms with E-state index in [-0.39, 0.29) is 24.5 Å². The molecule has 0 spiro atoms. The summed E-state index contributed by atoms with van der Waals surface area (Å²) in [7, 11) is 1.42.